The first-order valence-electron chi connectivity index (χ1n) is 7.93. The summed E-state index contributed by atoms with van der Waals surface area (Å²) in [5.41, 5.74) is 0. The molecule has 20 heavy (non-hydrogen) atoms. The van der Waals surface area contributed by atoms with Gasteiger partial charge in [-0.15, -0.1) is 0 Å². The Hall–Kier alpha value is -1.06. The lowest BCUT2D eigenvalue weighted by Crippen LogP contribution is -2.30. The zero-order chi connectivity index (χ0) is 15.4. The third-order valence-electron chi connectivity index (χ3n) is 3.27. The van der Waals surface area contributed by atoms with E-state index in [9.17, 15) is 9.59 Å². The van der Waals surface area contributed by atoms with Crippen molar-refractivity contribution in [2.75, 3.05) is 6.61 Å². The number of esters is 2. The molecule has 0 radical (unpaired) electrons. The van der Waals surface area contributed by atoms with E-state index in [1.807, 2.05) is 20.8 Å². The third kappa shape index (κ3) is 8.18. The molecule has 2 atom stereocenters. The highest BCUT2D eigenvalue weighted by Crippen LogP contribution is 2.19. The van der Waals surface area contributed by atoms with Gasteiger partial charge in [-0.1, -0.05) is 34.1 Å². The van der Waals surface area contributed by atoms with E-state index in [2.05, 4.69) is 6.92 Å². The minimum absolute atomic E-state index is 0.0940. The first-order chi connectivity index (χ1) is 9.58. The Morgan fingerprint density at radius 3 is 2.00 bits per heavy atom. The summed E-state index contributed by atoms with van der Waals surface area (Å²) in [6, 6.07) is 0. The van der Waals surface area contributed by atoms with E-state index in [4.69, 9.17) is 9.47 Å². The van der Waals surface area contributed by atoms with Crippen molar-refractivity contribution >= 4 is 11.9 Å². The van der Waals surface area contributed by atoms with Crippen molar-refractivity contribution < 1.29 is 19.1 Å². The molecule has 0 amide bonds. The van der Waals surface area contributed by atoms with Gasteiger partial charge in [-0.05, 0) is 25.7 Å². The average Bonchev–Trinajstić information content (AvgIpc) is 2.40. The second kappa shape index (κ2) is 11.7. The Bertz CT molecular complexity index is 276. The summed E-state index contributed by atoms with van der Waals surface area (Å²) in [4.78, 5) is 23.1. The van der Waals surface area contributed by atoms with Crippen molar-refractivity contribution in [3.8, 4) is 0 Å². The van der Waals surface area contributed by atoms with Crippen LogP contribution in [0.2, 0.25) is 0 Å². The molecule has 0 saturated heterocycles. The molecule has 0 aromatic carbocycles. The Morgan fingerprint density at radius 1 is 0.900 bits per heavy atom. The standard InChI is InChI=1S/C16H30O4/c1-5-9-14(20-16(18)11-7-3)13(8-4)12-19-15(17)10-6-2/h13-14H,5-12H2,1-4H3. The minimum atomic E-state index is -0.166. The number of carbonyl (C=O) groups is 2. The fourth-order valence-electron chi connectivity index (χ4n) is 2.07. The Balaban J connectivity index is 4.42. The summed E-state index contributed by atoms with van der Waals surface area (Å²) in [7, 11) is 0. The van der Waals surface area contributed by atoms with Crippen LogP contribution in [0.5, 0.6) is 0 Å². The van der Waals surface area contributed by atoms with Gasteiger partial charge in [0.1, 0.15) is 6.10 Å². The van der Waals surface area contributed by atoms with Gasteiger partial charge in [0.15, 0.2) is 0 Å². The molecule has 4 nitrogen and oxygen atoms in total. The van der Waals surface area contributed by atoms with Gasteiger partial charge >= 0.3 is 11.9 Å². The van der Waals surface area contributed by atoms with Crippen LogP contribution in [0.25, 0.3) is 0 Å². The van der Waals surface area contributed by atoms with Crippen molar-refractivity contribution in [1.29, 1.82) is 0 Å². The molecule has 118 valence electrons. The molecule has 0 N–H and O–H groups in total. The molecule has 4 heteroatoms. The fourth-order valence-corrected chi connectivity index (χ4v) is 2.07. The van der Waals surface area contributed by atoms with Gasteiger partial charge < -0.3 is 9.47 Å². The molecule has 0 aromatic rings. The van der Waals surface area contributed by atoms with Crippen LogP contribution in [0, 0.1) is 5.92 Å². The normalized spacial score (nSPS) is 13.6. The van der Waals surface area contributed by atoms with Crippen LogP contribution < -0.4 is 0 Å². The second-order valence-corrected chi connectivity index (χ2v) is 5.17. The Kier molecular flexibility index (Phi) is 11.1. The monoisotopic (exact) mass is 286 g/mol. The topological polar surface area (TPSA) is 52.6 Å². The number of hydrogen-bond donors (Lipinski definition) is 0. The molecular weight excluding hydrogens is 256 g/mol. The van der Waals surface area contributed by atoms with Gasteiger partial charge in [-0.3, -0.25) is 9.59 Å². The molecule has 0 heterocycles. The summed E-state index contributed by atoms with van der Waals surface area (Å²) in [5, 5.41) is 0. The van der Waals surface area contributed by atoms with E-state index in [-0.39, 0.29) is 24.0 Å². The number of hydrogen-bond acceptors (Lipinski definition) is 4. The molecule has 0 aliphatic rings. The zero-order valence-electron chi connectivity index (χ0n) is 13.4. The predicted octanol–water partition coefficient (Wildman–Crippen LogP) is 3.87. The van der Waals surface area contributed by atoms with Crippen LogP contribution in [-0.4, -0.2) is 24.6 Å². The molecule has 0 rings (SSSR count). The maximum Gasteiger partial charge on any atom is 0.306 e. The highest BCUT2D eigenvalue weighted by atomic mass is 16.6. The molecular formula is C16H30O4. The van der Waals surface area contributed by atoms with Crippen LogP contribution in [0.15, 0.2) is 0 Å². The fraction of sp³-hybridized carbons (Fsp3) is 0.875. The van der Waals surface area contributed by atoms with E-state index in [1.165, 1.54) is 0 Å². The lowest BCUT2D eigenvalue weighted by atomic mass is 9.96. The molecule has 0 fully saturated rings. The third-order valence-corrected chi connectivity index (χ3v) is 3.27. The summed E-state index contributed by atoms with van der Waals surface area (Å²) < 4.78 is 10.8. The van der Waals surface area contributed by atoms with Gasteiger partial charge in [0.25, 0.3) is 0 Å². The smallest absolute Gasteiger partial charge is 0.306 e. The molecule has 0 aliphatic carbocycles. The quantitative estimate of drug-likeness (QED) is 0.541. The summed E-state index contributed by atoms with van der Waals surface area (Å²) in [6.07, 6.45) is 4.95. The van der Waals surface area contributed by atoms with Gasteiger partial charge in [0.2, 0.25) is 0 Å². The van der Waals surface area contributed by atoms with E-state index in [1.54, 1.807) is 0 Å². The number of ether oxygens (including phenoxy) is 2. The van der Waals surface area contributed by atoms with Gasteiger partial charge in [-0.2, -0.15) is 0 Å². The van der Waals surface area contributed by atoms with Crippen molar-refractivity contribution in [1.82, 2.24) is 0 Å². The number of carbonyl (C=O) groups excluding carboxylic acids is 2. The number of rotatable bonds is 11. The van der Waals surface area contributed by atoms with E-state index in [0.29, 0.717) is 19.4 Å². The van der Waals surface area contributed by atoms with Gasteiger partial charge in [0, 0.05) is 18.8 Å². The van der Waals surface area contributed by atoms with Crippen molar-refractivity contribution in [3.05, 3.63) is 0 Å². The van der Waals surface area contributed by atoms with Crippen LogP contribution in [0.1, 0.15) is 72.6 Å². The van der Waals surface area contributed by atoms with E-state index < -0.39 is 0 Å². The predicted molar refractivity (Wildman–Crippen MR) is 79.3 cm³/mol. The Labute approximate surface area is 123 Å². The van der Waals surface area contributed by atoms with Crippen LogP contribution >= 0.6 is 0 Å². The van der Waals surface area contributed by atoms with Crippen LogP contribution in [0.4, 0.5) is 0 Å². The highest BCUT2D eigenvalue weighted by Gasteiger charge is 2.24. The zero-order valence-corrected chi connectivity index (χ0v) is 13.4. The van der Waals surface area contributed by atoms with Crippen molar-refractivity contribution in [2.45, 2.75) is 78.7 Å². The molecule has 2 unspecified atom stereocenters. The molecule has 0 aromatic heterocycles. The Morgan fingerprint density at radius 2 is 1.50 bits per heavy atom. The maximum absolute atomic E-state index is 11.7. The summed E-state index contributed by atoms with van der Waals surface area (Å²) in [6.45, 7) is 8.36. The molecule has 0 bridgehead atoms. The average molecular weight is 286 g/mol. The van der Waals surface area contributed by atoms with Crippen molar-refractivity contribution in [3.63, 3.8) is 0 Å². The molecule has 0 saturated carbocycles. The SMILES string of the molecule is CCCC(=O)OCC(CC)C(CCC)OC(=O)CCC. The van der Waals surface area contributed by atoms with Gasteiger partial charge in [-0.25, -0.2) is 0 Å². The van der Waals surface area contributed by atoms with Crippen molar-refractivity contribution in [2.24, 2.45) is 5.92 Å². The largest absolute Gasteiger partial charge is 0.465 e. The molecule has 0 spiro atoms. The highest BCUT2D eigenvalue weighted by molar-refractivity contribution is 5.69. The lowest BCUT2D eigenvalue weighted by molar-refractivity contribution is -0.156. The van der Waals surface area contributed by atoms with E-state index >= 15 is 0 Å². The summed E-state index contributed by atoms with van der Waals surface area (Å²) >= 11 is 0. The van der Waals surface area contributed by atoms with Crippen LogP contribution in [-0.2, 0) is 19.1 Å². The van der Waals surface area contributed by atoms with E-state index in [0.717, 1.165) is 32.1 Å². The maximum atomic E-state index is 11.7. The van der Waals surface area contributed by atoms with Gasteiger partial charge in [0.05, 0.1) is 6.61 Å². The molecule has 0 aliphatic heterocycles. The minimum Gasteiger partial charge on any atom is -0.465 e. The second-order valence-electron chi connectivity index (χ2n) is 5.17. The lowest BCUT2D eigenvalue weighted by Gasteiger charge is -2.25. The van der Waals surface area contributed by atoms with Crippen LogP contribution in [0.3, 0.4) is 0 Å². The summed E-state index contributed by atoms with van der Waals surface area (Å²) in [5.74, 6) is -0.220. The first kappa shape index (κ1) is 18.9. The first-order valence-corrected chi connectivity index (χ1v) is 7.93.